The molecule has 0 saturated heterocycles. The molecular formula is C13H10Cl2OS. The zero-order chi connectivity index (χ0) is 12.3. The Balaban J connectivity index is 2.55. The van der Waals surface area contributed by atoms with Gasteiger partial charge >= 0.3 is 0 Å². The van der Waals surface area contributed by atoms with Crippen molar-refractivity contribution in [1.82, 2.24) is 0 Å². The number of carbonyl (C=O) groups excluding carboxylic acids is 1. The van der Waals surface area contributed by atoms with E-state index in [4.69, 9.17) is 21.4 Å². The van der Waals surface area contributed by atoms with Crippen LogP contribution in [-0.2, 0) is 0 Å². The Morgan fingerprint density at radius 3 is 2.12 bits per heavy atom. The monoisotopic (exact) mass is 284 g/mol. The largest absolute Gasteiger partial charge is 0.298 e. The molecule has 0 atom stereocenters. The van der Waals surface area contributed by atoms with Crippen molar-refractivity contribution in [3.05, 3.63) is 60.2 Å². The maximum absolute atomic E-state index is 11.0. The topological polar surface area (TPSA) is 17.1 Å². The number of carbonyl (C=O) groups is 1. The minimum Gasteiger partial charge on any atom is -0.298 e. The third-order valence-electron chi connectivity index (χ3n) is 2.36. The van der Waals surface area contributed by atoms with Crippen molar-refractivity contribution in [1.29, 1.82) is 0 Å². The van der Waals surface area contributed by atoms with Crippen LogP contribution in [0.25, 0.3) is 0 Å². The van der Waals surface area contributed by atoms with Gasteiger partial charge in [0.2, 0.25) is 0 Å². The van der Waals surface area contributed by atoms with Gasteiger partial charge in [-0.05, 0) is 48.0 Å². The summed E-state index contributed by atoms with van der Waals surface area (Å²) in [5, 5.41) is 0. The molecule has 0 bridgehead atoms. The van der Waals surface area contributed by atoms with E-state index in [0.29, 0.717) is 10.5 Å². The minimum absolute atomic E-state index is 0.538. The van der Waals surface area contributed by atoms with Gasteiger partial charge in [0.15, 0.2) is 6.29 Å². The van der Waals surface area contributed by atoms with Crippen LogP contribution in [0, 0.1) is 0 Å². The number of aldehydes is 1. The van der Waals surface area contributed by atoms with Crippen LogP contribution in [0.15, 0.2) is 64.4 Å². The smallest absolute Gasteiger partial charge is 0.151 e. The summed E-state index contributed by atoms with van der Waals surface area (Å²) in [5.41, 5.74) is 0.538. The molecule has 0 radical (unpaired) electrons. The molecule has 88 valence electrons. The lowest BCUT2D eigenvalue weighted by Crippen LogP contribution is -1.92. The molecule has 0 fully saturated rings. The van der Waals surface area contributed by atoms with E-state index in [1.54, 1.807) is 18.2 Å². The first-order valence-corrected chi connectivity index (χ1v) is 8.26. The van der Waals surface area contributed by atoms with Crippen molar-refractivity contribution in [3.63, 3.8) is 0 Å². The van der Waals surface area contributed by atoms with Gasteiger partial charge in [0.1, 0.15) is 0 Å². The number of halogens is 2. The van der Waals surface area contributed by atoms with E-state index in [-0.39, 0.29) is 0 Å². The van der Waals surface area contributed by atoms with E-state index in [1.807, 2.05) is 36.4 Å². The molecule has 17 heavy (non-hydrogen) atoms. The normalized spacial score (nSPS) is 12.1. The van der Waals surface area contributed by atoms with Crippen LogP contribution in [0.3, 0.4) is 0 Å². The first-order chi connectivity index (χ1) is 8.16. The summed E-state index contributed by atoms with van der Waals surface area (Å²) in [6.07, 6.45) is 0.783. The van der Waals surface area contributed by atoms with Gasteiger partial charge in [-0.3, -0.25) is 4.79 Å². The van der Waals surface area contributed by atoms with E-state index < -0.39 is 8.46 Å². The quantitative estimate of drug-likeness (QED) is 0.723. The molecule has 4 heteroatoms. The third kappa shape index (κ3) is 2.49. The van der Waals surface area contributed by atoms with Crippen LogP contribution in [0.1, 0.15) is 10.4 Å². The van der Waals surface area contributed by atoms with Gasteiger partial charge in [-0.15, -0.1) is 0 Å². The lowest BCUT2D eigenvalue weighted by atomic mass is 10.2. The van der Waals surface area contributed by atoms with Crippen LogP contribution in [-0.4, -0.2) is 6.29 Å². The lowest BCUT2D eigenvalue weighted by molar-refractivity contribution is 0.112. The minimum atomic E-state index is -2.17. The highest BCUT2D eigenvalue weighted by Gasteiger charge is 2.25. The molecule has 2 rings (SSSR count). The van der Waals surface area contributed by atoms with Gasteiger partial charge in [0.25, 0.3) is 0 Å². The fourth-order valence-electron chi connectivity index (χ4n) is 1.53. The summed E-state index contributed by atoms with van der Waals surface area (Å²) >= 11 is 0. The highest BCUT2D eigenvalue weighted by molar-refractivity contribution is 8.66. The van der Waals surface area contributed by atoms with E-state index >= 15 is 0 Å². The Hall–Kier alpha value is -0.960. The van der Waals surface area contributed by atoms with E-state index in [1.165, 1.54) is 0 Å². The second-order valence-corrected chi connectivity index (χ2v) is 8.54. The van der Waals surface area contributed by atoms with E-state index in [9.17, 15) is 4.79 Å². The molecule has 0 aliphatic carbocycles. The van der Waals surface area contributed by atoms with Gasteiger partial charge in [0.05, 0.1) is 0 Å². The van der Waals surface area contributed by atoms with Crippen LogP contribution in [0.4, 0.5) is 0 Å². The van der Waals surface area contributed by atoms with Gasteiger partial charge in [-0.1, -0.05) is 36.4 Å². The molecule has 0 saturated carbocycles. The summed E-state index contributed by atoms with van der Waals surface area (Å²) in [6, 6.07) is 16.5. The summed E-state index contributed by atoms with van der Waals surface area (Å²) < 4.78 is 0. The zero-order valence-corrected chi connectivity index (χ0v) is 11.2. The molecule has 0 amide bonds. The highest BCUT2D eigenvalue weighted by Crippen LogP contribution is 2.71. The second kappa shape index (κ2) is 5.13. The Bertz CT molecular complexity index is 526. The number of rotatable bonds is 3. The molecular weight excluding hydrogens is 275 g/mol. The van der Waals surface area contributed by atoms with Crippen LogP contribution < -0.4 is 0 Å². The van der Waals surface area contributed by atoms with Gasteiger partial charge in [-0.25, -0.2) is 0 Å². The maximum atomic E-state index is 11.0. The summed E-state index contributed by atoms with van der Waals surface area (Å²) in [4.78, 5) is 12.5. The Morgan fingerprint density at radius 1 is 0.882 bits per heavy atom. The van der Waals surface area contributed by atoms with E-state index in [2.05, 4.69) is 0 Å². The molecule has 0 aliphatic heterocycles. The molecule has 0 aliphatic rings. The molecule has 0 unspecified atom stereocenters. The number of benzene rings is 2. The molecule has 0 aromatic heterocycles. The Labute approximate surface area is 111 Å². The van der Waals surface area contributed by atoms with Crippen molar-refractivity contribution in [2.24, 2.45) is 0 Å². The third-order valence-corrected chi connectivity index (χ3v) is 6.22. The maximum Gasteiger partial charge on any atom is 0.151 e. The molecule has 2 aromatic carbocycles. The molecule has 2 aromatic rings. The van der Waals surface area contributed by atoms with Crippen molar-refractivity contribution in [3.8, 4) is 0 Å². The SMILES string of the molecule is O=Cc1ccccc1S(Cl)(Cl)c1ccccc1. The van der Waals surface area contributed by atoms with E-state index in [0.717, 1.165) is 11.2 Å². The molecule has 0 heterocycles. The predicted molar refractivity (Wildman–Crippen MR) is 74.1 cm³/mol. The number of hydrogen-bond acceptors (Lipinski definition) is 1. The van der Waals surface area contributed by atoms with Gasteiger partial charge in [0, 0.05) is 15.4 Å². The van der Waals surface area contributed by atoms with Crippen molar-refractivity contribution < 1.29 is 4.79 Å². The fourth-order valence-corrected chi connectivity index (χ4v) is 4.40. The first kappa shape index (κ1) is 12.5. The first-order valence-electron chi connectivity index (χ1n) is 4.98. The Kier molecular flexibility index (Phi) is 3.77. The van der Waals surface area contributed by atoms with Crippen molar-refractivity contribution in [2.75, 3.05) is 0 Å². The van der Waals surface area contributed by atoms with Crippen LogP contribution >= 0.6 is 29.8 Å². The van der Waals surface area contributed by atoms with Crippen molar-refractivity contribution in [2.45, 2.75) is 9.79 Å². The van der Waals surface area contributed by atoms with Gasteiger partial charge < -0.3 is 0 Å². The Morgan fingerprint density at radius 2 is 1.47 bits per heavy atom. The number of hydrogen-bond donors (Lipinski definition) is 0. The summed E-state index contributed by atoms with van der Waals surface area (Å²) in [5.74, 6) is 0. The van der Waals surface area contributed by atoms with Crippen LogP contribution in [0.2, 0.25) is 0 Å². The standard InChI is InChI=1S/C13H10Cl2OS/c14-17(15,12-7-2-1-3-8-12)13-9-5-4-6-11(13)10-16/h1-10H. The summed E-state index contributed by atoms with van der Waals surface area (Å²) in [6.45, 7) is 0. The summed E-state index contributed by atoms with van der Waals surface area (Å²) in [7, 11) is 10.8. The average Bonchev–Trinajstić information content (AvgIpc) is 2.39. The zero-order valence-electron chi connectivity index (χ0n) is 8.85. The average molecular weight is 285 g/mol. The van der Waals surface area contributed by atoms with Gasteiger partial charge in [-0.2, -0.15) is 0 Å². The van der Waals surface area contributed by atoms with Crippen LogP contribution in [0.5, 0.6) is 0 Å². The predicted octanol–water partition coefficient (Wildman–Crippen LogP) is 5.03. The second-order valence-electron chi connectivity index (χ2n) is 3.44. The highest BCUT2D eigenvalue weighted by atomic mass is 36.0. The molecule has 0 N–H and O–H groups in total. The van der Waals surface area contributed by atoms with Crippen molar-refractivity contribution >= 4 is 36.1 Å². The molecule has 1 nitrogen and oxygen atoms in total. The lowest BCUT2D eigenvalue weighted by Gasteiger charge is -2.26. The fraction of sp³-hybridized carbons (Fsp3) is 0. The molecule has 0 spiro atoms.